The fraction of sp³-hybridized carbons (Fsp3) is 0.500. The first-order valence-corrected chi connectivity index (χ1v) is 6.46. The van der Waals surface area contributed by atoms with Gasteiger partial charge in [-0.1, -0.05) is 30.7 Å². The molecule has 1 saturated heterocycles. The molecule has 3 heteroatoms. The highest BCUT2D eigenvalue weighted by atomic mass is 35.5. The van der Waals surface area contributed by atoms with Crippen molar-refractivity contribution in [1.82, 2.24) is 5.32 Å². The van der Waals surface area contributed by atoms with Crippen molar-refractivity contribution >= 4 is 17.4 Å². The molecule has 1 aliphatic heterocycles. The van der Waals surface area contributed by atoms with E-state index in [1.54, 1.807) is 0 Å². The molecule has 92 valence electrons. The Labute approximate surface area is 107 Å². The molecule has 1 heterocycles. The van der Waals surface area contributed by atoms with Gasteiger partial charge in [0.05, 0.1) is 0 Å². The quantitative estimate of drug-likeness (QED) is 0.895. The zero-order chi connectivity index (χ0) is 12.3. The van der Waals surface area contributed by atoms with Crippen molar-refractivity contribution in [2.45, 2.75) is 26.2 Å². The van der Waals surface area contributed by atoms with Gasteiger partial charge in [0.2, 0.25) is 0 Å². The van der Waals surface area contributed by atoms with Gasteiger partial charge in [-0.05, 0) is 43.6 Å². The second-order valence-corrected chi connectivity index (χ2v) is 5.47. The molecule has 1 aromatic rings. The molecular weight excluding hydrogens is 234 g/mol. The van der Waals surface area contributed by atoms with E-state index >= 15 is 0 Å². The van der Waals surface area contributed by atoms with Crippen molar-refractivity contribution < 1.29 is 4.79 Å². The minimum Gasteiger partial charge on any atom is -0.317 e. The molecule has 1 aliphatic rings. The lowest BCUT2D eigenvalue weighted by molar-refractivity contribution is -0.128. The SMILES string of the molecule is CC1(C(=O)Cc2ccc(Cl)cc2)CCNCC1. The summed E-state index contributed by atoms with van der Waals surface area (Å²) in [5, 5.41) is 4.01. The Kier molecular flexibility index (Phi) is 3.85. The third-order valence-corrected chi connectivity index (χ3v) is 3.91. The number of carbonyl (C=O) groups is 1. The Morgan fingerprint density at radius 2 is 1.88 bits per heavy atom. The minimum absolute atomic E-state index is 0.148. The minimum atomic E-state index is -0.148. The maximum atomic E-state index is 12.3. The second-order valence-electron chi connectivity index (χ2n) is 5.04. The molecule has 0 bridgehead atoms. The van der Waals surface area contributed by atoms with E-state index in [1.165, 1.54) is 0 Å². The monoisotopic (exact) mass is 251 g/mol. The first kappa shape index (κ1) is 12.6. The van der Waals surface area contributed by atoms with Crippen LogP contribution in [0.25, 0.3) is 0 Å². The van der Waals surface area contributed by atoms with E-state index in [9.17, 15) is 4.79 Å². The normalized spacial score (nSPS) is 18.9. The molecule has 0 amide bonds. The van der Waals surface area contributed by atoms with E-state index < -0.39 is 0 Å². The average molecular weight is 252 g/mol. The molecule has 1 aromatic carbocycles. The van der Waals surface area contributed by atoms with Gasteiger partial charge in [-0.25, -0.2) is 0 Å². The molecule has 0 spiro atoms. The molecule has 0 radical (unpaired) electrons. The second kappa shape index (κ2) is 5.19. The van der Waals surface area contributed by atoms with E-state index in [0.717, 1.165) is 31.5 Å². The third kappa shape index (κ3) is 3.08. The van der Waals surface area contributed by atoms with Crippen LogP contribution in [-0.4, -0.2) is 18.9 Å². The Balaban J connectivity index is 2.03. The smallest absolute Gasteiger partial charge is 0.143 e. The van der Waals surface area contributed by atoms with Gasteiger partial charge in [-0.3, -0.25) is 4.79 Å². The van der Waals surface area contributed by atoms with Gasteiger partial charge in [0.25, 0.3) is 0 Å². The number of carbonyl (C=O) groups excluding carboxylic acids is 1. The first-order chi connectivity index (χ1) is 8.10. The van der Waals surface area contributed by atoms with Crippen molar-refractivity contribution in [3.8, 4) is 0 Å². The molecule has 0 unspecified atom stereocenters. The number of rotatable bonds is 3. The zero-order valence-electron chi connectivity index (χ0n) is 10.1. The van der Waals surface area contributed by atoms with Crippen LogP contribution in [0.3, 0.4) is 0 Å². The van der Waals surface area contributed by atoms with Crippen molar-refractivity contribution in [3.05, 3.63) is 34.9 Å². The van der Waals surface area contributed by atoms with Gasteiger partial charge in [0.15, 0.2) is 0 Å². The summed E-state index contributed by atoms with van der Waals surface area (Å²) < 4.78 is 0. The van der Waals surface area contributed by atoms with Crippen LogP contribution >= 0.6 is 11.6 Å². The van der Waals surface area contributed by atoms with Crippen molar-refractivity contribution in [1.29, 1.82) is 0 Å². The summed E-state index contributed by atoms with van der Waals surface area (Å²) in [5.74, 6) is 0.348. The maximum Gasteiger partial charge on any atom is 0.143 e. The van der Waals surface area contributed by atoms with E-state index in [1.807, 2.05) is 24.3 Å². The number of hydrogen-bond acceptors (Lipinski definition) is 2. The summed E-state index contributed by atoms with van der Waals surface area (Å²) in [7, 11) is 0. The lowest BCUT2D eigenvalue weighted by Gasteiger charge is -2.32. The predicted molar refractivity (Wildman–Crippen MR) is 70.4 cm³/mol. The summed E-state index contributed by atoms with van der Waals surface area (Å²) in [6, 6.07) is 7.55. The van der Waals surface area contributed by atoms with Crippen LogP contribution in [0.4, 0.5) is 0 Å². The summed E-state index contributed by atoms with van der Waals surface area (Å²) in [6.45, 7) is 3.98. The van der Waals surface area contributed by atoms with Crippen LogP contribution in [0.15, 0.2) is 24.3 Å². The maximum absolute atomic E-state index is 12.3. The highest BCUT2D eigenvalue weighted by molar-refractivity contribution is 6.30. The number of hydrogen-bond donors (Lipinski definition) is 1. The van der Waals surface area contributed by atoms with Gasteiger partial charge in [0.1, 0.15) is 5.78 Å². The lowest BCUT2D eigenvalue weighted by Crippen LogP contribution is -2.40. The number of Topliss-reactive ketones (excluding diaryl/α,β-unsaturated/α-hetero) is 1. The lowest BCUT2D eigenvalue weighted by atomic mass is 9.75. The highest BCUT2D eigenvalue weighted by Gasteiger charge is 2.33. The van der Waals surface area contributed by atoms with Crippen LogP contribution in [0.1, 0.15) is 25.3 Å². The van der Waals surface area contributed by atoms with Crippen LogP contribution in [-0.2, 0) is 11.2 Å². The fourth-order valence-corrected chi connectivity index (χ4v) is 2.38. The van der Waals surface area contributed by atoms with Crippen molar-refractivity contribution in [2.75, 3.05) is 13.1 Å². The van der Waals surface area contributed by atoms with E-state index in [0.29, 0.717) is 17.2 Å². The Bertz CT molecular complexity index is 393. The number of benzene rings is 1. The Hall–Kier alpha value is -0.860. The molecule has 0 aromatic heterocycles. The van der Waals surface area contributed by atoms with Gasteiger partial charge < -0.3 is 5.32 Å². The zero-order valence-corrected chi connectivity index (χ0v) is 10.9. The number of nitrogens with one attached hydrogen (secondary N) is 1. The molecule has 1 N–H and O–H groups in total. The van der Waals surface area contributed by atoms with Gasteiger partial charge in [-0.2, -0.15) is 0 Å². The standard InChI is InChI=1S/C14H18ClNO/c1-14(6-8-16-9-7-14)13(17)10-11-2-4-12(15)5-3-11/h2-5,16H,6-10H2,1H3. The molecule has 0 saturated carbocycles. The van der Waals surface area contributed by atoms with Gasteiger partial charge in [-0.15, -0.1) is 0 Å². The predicted octanol–water partition coefficient (Wildman–Crippen LogP) is 2.84. The van der Waals surface area contributed by atoms with E-state index in [2.05, 4.69) is 12.2 Å². The number of piperidine rings is 1. The Morgan fingerprint density at radius 3 is 2.47 bits per heavy atom. The molecule has 2 rings (SSSR count). The first-order valence-electron chi connectivity index (χ1n) is 6.09. The summed E-state index contributed by atoms with van der Waals surface area (Å²) in [5.41, 5.74) is 0.907. The average Bonchev–Trinajstić information content (AvgIpc) is 2.33. The summed E-state index contributed by atoms with van der Waals surface area (Å²) >= 11 is 5.83. The number of ketones is 1. The van der Waals surface area contributed by atoms with Gasteiger partial charge >= 0.3 is 0 Å². The van der Waals surface area contributed by atoms with Gasteiger partial charge in [0, 0.05) is 16.9 Å². The van der Waals surface area contributed by atoms with E-state index in [4.69, 9.17) is 11.6 Å². The Morgan fingerprint density at radius 1 is 1.29 bits per heavy atom. The topological polar surface area (TPSA) is 29.1 Å². The van der Waals surface area contributed by atoms with Crippen molar-refractivity contribution in [3.63, 3.8) is 0 Å². The van der Waals surface area contributed by atoms with Crippen LogP contribution in [0, 0.1) is 5.41 Å². The largest absolute Gasteiger partial charge is 0.317 e. The molecular formula is C14H18ClNO. The van der Waals surface area contributed by atoms with Crippen LogP contribution < -0.4 is 5.32 Å². The molecule has 1 fully saturated rings. The summed E-state index contributed by atoms with van der Waals surface area (Å²) in [6.07, 6.45) is 2.41. The number of halogens is 1. The molecule has 0 aliphatic carbocycles. The molecule has 0 atom stereocenters. The summed E-state index contributed by atoms with van der Waals surface area (Å²) in [4.78, 5) is 12.3. The highest BCUT2D eigenvalue weighted by Crippen LogP contribution is 2.30. The van der Waals surface area contributed by atoms with Crippen LogP contribution in [0.2, 0.25) is 5.02 Å². The molecule has 2 nitrogen and oxygen atoms in total. The van der Waals surface area contributed by atoms with E-state index in [-0.39, 0.29) is 5.41 Å². The van der Waals surface area contributed by atoms with Crippen LogP contribution in [0.5, 0.6) is 0 Å². The third-order valence-electron chi connectivity index (χ3n) is 3.66. The molecule has 17 heavy (non-hydrogen) atoms. The fourth-order valence-electron chi connectivity index (χ4n) is 2.26. The van der Waals surface area contributed by atoms with Crippen molar-refractivity contribution in [2.24, 2.45) is 5.41 Å².